The van der Waals surface area contributed by atoms with Crippen molar-refractivity contribution < 1.29 is 9.59 Å². The lowest BCUT2D eigenvalue weighted by molar-refractivity contribution is -0.121. The highest BCUT2D eigenvalue weighted by Gasteiger charge is 2.42. The number of thioether (sulfide) groups is 1. The van der Waals surface area contributed by atoms with Crippen LogP contribution in [0.5, 0.6) is 0 Å². The summed E-state index contributed by atoms with van der Waals surface area (Å²) in [5, 5.41) is 3.26. The highest BCUT2D eigenvalue weighted by molar-refractivity contribution is 8.13. The third-order valence-corrected chi connectivity index (χ3v) is 7.33. The minimum absolute atomic E-state index is 0.0488. The third-order valence-electron chi connectivity index (χ3n) is 6.44. The van der Waals surface area contributed by atoms with Gasteiger partial charge in [0.25, 0.3) is 5.24 Å². The van der Waals surface area contributed by atoms with Gasteiger partial charge in [0.2, 0.25) is 5.91 Å². The Morgan fingerprint density at radius 3 is 2.29 bits per heavy atom. The van der Waals surface area contributed by atoms with Crippen molar-refractivity contribution in [3.05, 3.63) is 70.8 Å². The van der Waals surface area contributed by atoms with Crippen LogP contribution in [0.3, 0.4) is 0 Å². The van der Waals surface area contributed by atoms with Gasteiger partial charge in [-0.3, -0.25) is 9.59 Å². The lowest BCUT2D eigenvalue weighted by atomic mass is 9.59. The standard InChI is InChI=1S/C23H24N2O2S/c26-21(9-10-25-11-12-28-23(25)27)24-14-15-13-20-16-5-1-3-7-18(16)22(15)19-8-4-2-6-17(19)20/h1-8,15,20,22H,9-14H2,(H,24,26)/t15-,20?,22?/m1/s1. The van der Waals surface area contributed by atoms with Crippen LogP contribution in [0.1, 0.15) is 46.9 Å². The van der Waals surface area contributed by atoms with E-state index < -0.39 is 0 Å². The van der Waals surface area contributed by atoms with E-state index in [9.17, 15) is 9.59 Å². The predicted octanol–water partition coefficient (Wildman–Crippen LogP) is 3.96. The molecule has 144 valence electrons. The lowest BCUT2D eigenvalue weighted by Gasteiger charge is -2.45. The molecule has 1 N–H and O–H groups in total. The molecule has 28 heavy (non-hydrogen) atoms. The first-order chi connectivity index (χ1) is 13.7. The monoisotopic (exact) mass is 392 g/mol. The van der Waals surface area contributed by atoms with Crippen LogP contribution in [-0.2, 0) is 4.79 Å². The van der Waals surface area contributed by atoms with E-state index in [0.29, 0.717) is 37.3 Å². The molecule has 1 aliphatic heterocycles. The zero-order valence-corrected chi connectivity index (χ0v) is 16.6. The summed E-state index contributed by atoms with van der Waals surface area (Å²) >= 11 is 1.34. The summed E-state index contributed by atoms with van der Waals surface area (Å²) in [6.07, 6.45) is 1.47. The Balaban J connectivity index is 1.28. The predicted molar refractivity (Wildman–Crippen MR) is 112 cm³/mol. The molecule has 0 saturated carbocycles. The molecule has 2 bridgehead atoms. The molecule has 2 aromatic rings. The van der Waals surface area contributed by atoms with Crippen LogP contribution in [0.2, 0.25) is 0 Å². The fourth-order valence-corrected chi connectivity index (χ4v) is 6.01. The molecule has 1 saturated heterocycles. The van der Waals surface area contributed by atoms with E-state index in [2.05, 4.69) is 53.8 Å². The Kier molecular flexibility index (Phi) is 4.63. The van der Waals surface area contributed by atoms with Crippen LogP contribution < -0.4 is 5.32 Å². The minimum atomic E-state index is 0.0488. The van der Waals surface area contributed by atoms with Crippen LogP contribution in [0.25, 0.3) is 0 Å². The molecule has 0 unspecified atom stereocenters. The van der Waals surface area contributed by atoms with Gasteiger partial charge in [-0.1, -0.05) is 60.3 Å². The summed E-state index contributed by atoms with van der Waals surface area (Å²) in [6.45, 7) is 1.99. The first-order valence-electron chi connectivity index (χ1n) is 10.1. The molecular formula is C23H24N2O2S. The topological polar surface area (TPSA) is 49.4 Å². The zero-order valence-electron chi connectivity index (χ0n) is 15.8. The molecule has 4 aliphatic rings. The van der Waals surface area contributed by atoms with E-state index in [4.69, 9.17) is 0 Å². The molecule has 2 amide bonds. The van der Waals surface area contributed by atoms with E-state index in [1.54, 1.807) is 4.90 Å². The first kappa shape index (κ1) is 17.8. The number of amides is 2. The number of carbonyl (C=O) groups excluding carboxylic acids is 2. The van der Waals surface area contributed by atoms with Gasteiger partial charge in [-0.05, 0) is 34.6 Å². The van der Waals surface area contributed by atoms with E-state index in [1.807, 2.05) is 0 Å². The summed E-state index contributed by atoms with van der Waals surface area (Å²) < 4.78 is 0. The normalized spacial score (nSPS) is 24.8. The second kappa shape index (κ2) is 7.28. The lowest BCUT2D eigenvalue weighted by Crippen LogP contribution is -2.40. The second-order valence-electron chi connectivity index (χ2n) is 7.94. The number of nitrogens with one attached hydrogen (secondary N) is 1. The van der Waals surface area contributed by atoms with Crippen molar-refractivity contribution in [3.8, 4) is 0 Å². The largest absolute Gasteiger partial charge is 0.356 e. The van der Waals surface area contributed by atoms with Crippen LogP contribution in [-0.4, -0.2) is 41.4 Å². The van der Waals surface area contributed by atoms with Crippen LogP contribution in [0, 0.1) is 5.92 Å². The molecule has 6 rings (SSSR count). The summed E-state index contributed by atoms with van der Waals surface area (Å²) in [7, 11) is 0. The van der Waals surface area contributed by atoms with Gasteiger partial charge in [0, 0.05) is 43.6 Å². The quantitative estimate of drug-likeness (QED) is 0.838. The molecule has 1 atom stereocenters. The van der Waals surface area contributed by atoms with Gasteiger partial charge in [-0.2, -0.15) is 0 Å². The van der Waals surface area contributed by atoms with Gasteiger partial charge < -0.3 is 10.2 Å². The maximum Gasteiger partial charge on any atom is 0.281 e. The summed E-state index contributed by atoms with van der Waals surface area (Å²) in [4.78, 5) is 25.8. The first-order valence-corrected chi connectivity index (χ1v) is 11.1. The Labute approximate surface area is 169 Å². The highest BCUT2D eigenvalue weighted by atomic mass is 32.2. The number of hydrogen-bond donors (Lipinski definition) is 1. The van der Waals surface area contributed by atoms with Crippen LogP contribution >= 0.6 is 11.8 Å². The molecule has 1 heterocycles. The highest BCUT2D eigenvalue weighted by Crippen LogP contribution is 2.55. The summed E-state index contributed by atoms with van der Waals surface area (Å²) in [5.74, 6) is 2.09. The number of nitrogens with zero attached hydrogens (tertiary/aromatic N) is 1. The van der Waals surface area contributed by atoms with Gasteiger partial charge in [0.15, 0.2) is 0 Å². The van der Waals surface area contributed by atoms with E-state index in [0.717, 1.165) is 18.7 Å². The fraction of sp³-hybridized carbons (Fsp3) is 0.391. The Morgan fingerprint density at radius 2 is 1.68 bits per heavy atom. The molecule has 2 aromatic carbocycles. The van der Waals surface area contributed by atoms with Crippen molar-refractivity contribution in [2.75, 3.05) is 25.4 Å². The van der Waals surface area contributed by atoms with Crippen molar-refractivity contribution >= 4 is 22.9 Å². The van der Waals surface area contributed by atoms with Crippen molar-refractivity contribution in [2.24, 2.45) is 5.92 Å². The SMILES string of the molecule is O=C(CCN1CCSC1=O)NC[C@H]1CC2c3ccccc3C1c1ccccc12. The molecule has 5 heteroatoms. The molecule has 0 aromatic heterocycles. The molecule has 1 fully saturated rings. The van der Waals surface area contributed by atoms with Crippen LogP contribution in [0.15, 0.2) is 48.5 Å². The van der Waals surface area contributed by atoms with Crippen LogP contribution in [0.4, 0.5) is 4.79 Å². The van der Waals surface area contributed by atoms with Gasteiger partial charge in [-0.15, -0.1) is 0 Å². The number of carbonyl (C=O) groups is 2. The Bertz CT molecular complexity index is 881. The number of fused-ring (bicyclic) bond motifs is 1. The van der Waals surface area contributed by atoms with Gasteiger partial charge >= 0.3 is 0 Å². The Hall–Kier alpha value is -2.27. The minimum Gasteiger partial charge on any atom is -0.356 e. The van der Waals surface area contributed by atoms with E-state index in [1.165, 1.54) is 34.0 Å². The van der Waals surface area contributed by atoms with Crippen molar-refractivity contribution in [3.63, 3.8) is 0 Å². The van der Waals surface area contributed by atoms with Crippen molar-refractivity contribution in [1.82, 2.24) is 10.2 Å². The number of hydrogen-bond acceptors (Lipinski definition) is 3. The van der Waals surface area contributed by atoms with Gasteiger partial charge in [-0.25, -0.2) is 0 Å². The maximum absolute atomic E-state index is 12.4. The number of rotatable bonds is 5. The molecular weight excluding hydrogens is 368 g/mol. The summed E-state index contributed by atoms with van der Waals surface area (Å²) in [5.41, 5.74) is 5.77. The van der Waals surface area contributed by atoms with E-state index in [-0.39, 0.29) is 11.1 Å². The second-order valence-corrected chi connectivity index (χ2v) is 8.99. The van der Waals surface area contributed by atoms with Crippen molar-refractivity contribution in [1.29, 1.82) is 0 Å². The average Bonchev–Trinajstić information content (AvgIpc) is 3.15. The fourth-order valence-electron chi connectivity index (χ4n) is 5.16. The third kappa shape index (κ3) is 3.02. The van der Waals surface area contributed by atoms with Gasteiger partial charge in [0.05, 0.1) is 0 Å². The van der Waals surface area contributed by atoms with Crippen molar-refractivity contribution in [2.45, 2.75) is 24.7 Å². The summed E-state index contributed by atoms with van der Waals surface area (Å²) in [6, 6.07) is 17.6. The molecule has 4 nitrogen and oxygen atoms in total. The molecule has 3 aliphatic carbocycles. The Morgan fingerprint density at radius 1 is 1.04 bits per heavy atom. The molecule has 0 radical (unpaired) electrons. The smallest absolute Gasteiger partial charge is 0.281 e. The zero-order chi connectivity index (χ0) is 19.1. The maximum atomic E-state index is 12.4. The van der Waals surface area contributed by atoms with Gasteiger partial charge in [0.1, 0.15) is 0 Å². The van der Waals surface area contributed by atoms with E-state index >= 15 is 0 Å². The number of benzene rings is 2. The molecule has 0 spiro atoms. The average molecular weight is 393 g/mol.